The molecule has 0 radical (unpaired) electrons. The Morgan fingerprint density at radius 3 is 1.83 bits per heavy atom. The van der Waals surface area contributed by atoms with Gasteiger partial charge in [0, 0.05) is 15.7 Å². The van der Waals surface area contributed by atoms with Crippen molar-refractivity contribution in [3.05, 3.63) is 17.7 Å². The summed E-state index contributed by atoms with van der Waals surface area (Å²) < 4.78 is 10.9. The molecule has 0 spiro atoms. The molecule has 3 nitrogen and oxygen atoms in total. The smallest absolute Gasteiger partial charge is 0.128 e. The zero-order valence-corrected chi connectivity index (χ0v) is 12.9. The second-order valence-corrected chi connectivity index (χ2v) is 6.74. The van der Waals surface area contributed by atoms with Crippen molar-refractivity contribution in [2.45, 2.75) is 43.4 Å². The Labute approximate surface area is 114 Å². The first kappa shape index (κ1) is 15.2. The molecule has 0 amide bonds. The van der Waals surface area contributed by atoms with E-state index in [0.29, 0.717) is 5.25 Å². The first-order valence-electron chi connectivity index (χ1n) is 6.01. The fourth-order valence-electron chi connectivity index (χ4n) is 1.86. The molecule has 2 N–H and O–H groups in total. The summed E-state index contributed by atoms with van der Waals surface area (Å²) in [7, 11) is 3.32. The van der Waals surface area contributed by atoms with Gasteiger partial charge in [0.2, 0.25) is 0 Å². The maximum atomic E-state index is 6.19. The molecule has 0 saturated heterocycles. The predicted molar refractivity (Wildman–Crippen MR) is 77.8 cm³/mol. The molecule has 0 atom stereocenters. The number of nitrogens with two attached hydrogens (primary N) is 1. The lowest BCUT2D eigenvalue weighted by Gasteiger charge is -2.25. The Morgan fingerprint density at radius 2 is 1.56 bits per heavy atom. The first-order chi connectivity index (χ1) is 8.29. The fraction of sp³-hybridized carbons (Fsp3) is 0.571. The van der Waals surface area contributed by atoms with Crippen LogP contribution in [-0.2, 0) is 5.54 Å². The Balaban J connectivity index is 3.35. The highest BCUT2D eigenvalue weighted by atomic mass is 32.2. The van der Waals surface area contributed by atoms with Crippen molar-refractivity contribution in [2.24, 2.45) is 5.73 Å². The van der Waals surface area contributed by atoms with Crippen LogP contribution in [0.3, 0.4) is 0 Å². The molecule has 0 aliphatic rings. The van der Waals surface area contributed by atoms with E-state index in [4.69, 9.17) is 15.2 Å². The molecule has 0 aliphatic heterocycles. The minimum absolute atomic E-state index is 0.502. The van der Waals surface area contributed by atoms with Gasteiger partial charge in [0.1, 0.15) is 11.5 Å². The van der Waals surface area contributed by atoms with Gasteiger partial charge in [0.15, 0.2) is 0 Å². The average Bonchev–Trinajstić information content (AvgIpc) is 2.25. The lowest BCUT2D eigenvalue weighted by atomic mass is 9.93. The molecule has 4 heteroatoms. The molecule has 0 aromatic heterocycles. The van der Waals surface area contributed by atoms with Gasteiger partial charge in [0.05, 0.1) is 19.8 Å². The molecule has 0 bridgehead atoms. The summed E-state index contributed by atoms with van der Waals surface area (Å²) in [6, 6.07) is 4.05. The van der Waals surface area contributed by atoms with Crippen LogP contribution < -0.4 is 15.2 Å². The summed E-state index contributed by atoms with van der Waals surface area (Å²) in [5, 5.41) is 0.510. The van der Waals surface area contributed by atoms with Crippen LogP contribution in [0.1, 0.15) is 33.3 Å². The molecular weight excluding hydrogens is 246 g/mol. The van der Waals surface area contributed by atoms with Gasteiger partial charge in [-0.3, -0.25) is 0 Å². The van der Waals surface area contributed by atoms with Crippen molar-refractivity contribution >= 4 is 11.8 Å². The zero-order chi connectivity index (χ0) is 13.9. The number of hydrogen-bond acceptors (Lipinski definition) is 4. The molecule has 18 heavy (non-hydrogen) atoms. The highest BCUT2D eigenvalue weighted by Gasteiger charge is 2.25. The van der Waals surface area contributed by atoms with E-state index in [0.717, 1.165) is 22.0 Å². The lowest BCUT2D eigenvalue weighted by Crippen LogP contribution is -2.30. The molecular formula is C14H23NO2S. The summed E-state index contributed by atoms with van der Waals surface area (Å²) >= 11 is 1.78. The van der Waals surface area contributed by atoms with E-state index >= 15 is 0 Å². The lowest BCUT2D eigenvalue weighted by molar-refractivity contribution is 0.362. The molecule has 1 rings (SSSR count). The third-order valence-corrected chi connectivity index (χ3v) is 3.47. The van der Waals surface area contributed by atoms with E-state index in [1.807, 2.05) is 26.0 Å². The SMILES string of the molecule is COc1cc(SC(C)C)cc(OC)c1C(C)(C)N. The van der Waals surface area contributed by atoms with Crippen LogP contribution >= 0.6 is 11.8 Å². The third kappa shape index (κ3) is 3.56. The number of benzene rings is 1. The summed E-state index contributed by atoms with van der Waals surface area (Å²) in [6.45, 7) is 8.21. The summed E-state index contributed by atoms with van der Waals surface area (Å²) in [4.78, 5) is 1.13. The Kier molecular flexibility index (Phi) is 4.93. The van der Waals surface area contributed by atoms with Crippen molar-refractivity contribution in [1.82, 2.24) is 0 Å². The van der Waals surface area contributed by atoms with E-state index < -0.39 is 5.54 Å². The molecule has 0 aliphatic carbocycles. The highest BCUT2D eigenvalue weighted by molar-refractivity contribution is 7.99. The maximum Gasteiger partial charge on any atom is 0.128 e. The molecule has 102 valence electrons. The minimum atomic E-state index is -0.502. The average molecular weight is 269 g/mol. The van der Waals surface area contributed by atoms with Crippen LogP contribution in [0.15, 0.2) is 17.0 Å². The Hall–Kier alpha value is -0.870. The molecule has 0 saturated carbocycles. The zero-order valence-electron chi connectivity index (χ0n) is 12.0. The Bertz CT molecular complexity index is 386. The van der Waals surface area contributed by atoms with Gasteiger partial charge in [-0.15, -0.1) is 11.8 Å². The third-order valence-electron chi connectivity index (χ3n) is 2.50. The Morgan fingerprint density at radius 1 is 1.11 bits per heavy atom. The highest BCUT2D eigenvalue weighted by Crippen LogP contribution is 2.40. The number of hydrogen-bond donors (Lipinski definition) is 1. The summed E-state index contributed by atoms with van der Waals surface area (Å²) in [5.74, 6) is 1.56. The van der Waals surface area contributed by atoms with E-state index in [1.54, 1.807) is 26.0 Å². The summed E-state index contributed by atoms with van der Waals surface area (Å²) in [5.41, 5.74) is 6.60. The quantitative estimate of drug-likeness (QED) is 0.832. The number of ether oxygens (including phenoxy) is 2. The van der Waals surface area contributed by atoms with Gasteiger partial charge in [0.25, 0.3) is 0 Å². The van der Waals surface area contributed by atoms with Crippen LogP contribution in [0.25, 0.3) is 0 Å². The van der Waals surface area contributed by atoms with Gasteiger partial charge in [-0.1, -0.05) is 13.8 Å². The van der Waals surface area contributed by atoms with Gasteiger partial charge in [-0.05, 0) is 26.0 Å². The summed E-state index contributed by atoms with van der Waals surface area (Å²) in [6.07, 6.45) is 0. The van der Waals surface area contributed by atoms with Crippen molar-refractivity contribution in [3.8, 4) is 11.5 Å². The minimum Gasteiger partial charge on any atom is -0.496 e. The molecule has 1 aromatic carbocycles. The maximum absolute atomic E-state index is 6.19. The van der Waals surface area contributed by atoms with Gasteiger partial charge < -0.3 is 15.2 Å². The standard InChI is InChI=1S/C14H23NO2S/c1-9(2)18-10-7-11(16-5)13(14(3,4)15)12(8-10)17-6/h7-9H,15H2,1-6H3. The van der Waals surface area contributed by atoms with Crippen LogP contribution in [0, 0.1) is 0 Å². The van der Waals surface area contributed by atoms with Crippen LogP contribution in [-0.4, -0.2) is 19.5 Å². The number of methoxy groups -OCH3 is 2. The van der Waals surface area contributed by atoms with Gasteiger partial charge in [-0.2, -0.15) is 0 Å². The van der Waals surface area contributed by atoms with E-state index in [1.165, 1.54) is 0 Å². The van der Waals surface area contributed by atoms with Crippen LogP contribution in [0.2, 0.25) is 0 Å². The fourth-order valence-corrected chi connectivity index (χ4v) is 2.76. The second-order valence-electron chi connectivity index (χ2n) is 5.09. The topological polar surface area (TPSA) is 44.5 Å². The molecule has 0 heterocycles. The number of rotatable bonds is 5. The largest absolute Gasteiger partial charge is 0.496 e. The van der Waals surface area contributed by atoms with Crippen LogP contribution in [0.4, 0.5) is 0 Å². The van der Waals surface area contributed by atoms with E-state index in [2.05, 4.69) is 13.8 Å². The van der Waals surface area contributed by atoms with Crippen molar-refractivity contribution < 1.29 is 9.47 Å². The van der Waals surface area contributed by atoms with Crippen LogP contribution in [0.5, 0.6) is 11.5 Å². The van der Waals surface area contributed by atoms with E-state index in [9.17, 15) is 0 Å². The second kappa shape index (κ2) is 5.85. The monoisotopic (exact) mass is 269 g/mol. The molecule has 0 fully saturated rings. The van der Waals surface area contributed by atoms with Crippen molar-refractivity contribution in [1.29, 1.82) is 0 Å². The van der Waals surface area contributed by atoms with Gasteiger partial charge >= 0.3 is 0 Å². The normalized spacial score (nSPS) is 11.8. The number of thioether (sulfide) groups is 1. The van der Waals surface area contributed by atoms with E-state index in [-0.39, 0.29) is 0 Å². The van der Waals surface area contributed by atoms with Crippen molar-refractivity contribution in [3.63, 3.8) is 0 Å². The molecule has 1 aromatic rings. The van der Waals surface area contributed by atoms with Gasteiger partial charge in [-0.25, -0.2) is 0 Å². The predicted octanol–water partition coefficient (Wildman–Crippen LogP) is 3.40. The van der Waals surface area contributed by atoms with Crippen molar-refractivity contribution in [2.75, 3.05) is 14.2 Å². The molecule has 0 unspecified atom stereocenters. The first-order valence-corrected chi connectivity index (χ1v) is 6.89.